The lowest BCUT2D eigenvalue weighted by Crippen LogP contribution is -2.40. The van der Waals surface area contributed by atoms with Crippen LogP contribution >= 0.6 is 11.3 Å². The molecule has 176 valence electrons. The minimum atomic E-state index is -0.575. The summed E-state index contributed by atoms with van der Waals surface area (Å²) in [4.78, 5) is 49.9. The second-order valence-corrected chi connectivity index (χ2v) is 9.42. The fraction of sp³-hybridized carbons (Fsp3) is 0.500. The van der Waals surface area contributed by atoms with Crippen molar-refractivity contribution in [3.63, 3.8) is 0 Å². The molecular weight excluding hydrogens is 446 g/mol. The van der Waals surface area contributed by atoms with Crippen molar-refractivity contribution in [2.45, 2.75) is 46.0 Å². The quantitative estimate of drug-likeness (QED) is 0.594. The molecular formula is C24H27NO7S. The van der Waals surface area contributed by atoms with Crippen LogP contribution in [0.4, 0.5) is 5.00 Å². The van der Waals surface area contributed by atoms with Crippen molar-refractivity contribution in [1.82, 2.24) is 0 Å². The van der Waals surface area contributed by atoms with Crippen LogP contribution in [-0.4, -0.2) is 36.8 Å². The molecule has 2 heterocycles. The lowest BCUT2D eigenvalue weighted by molar-refractivity contribution is -0.155. The molecule has 0 aliphatic heterocycles. The van der Waals surface area contributed by atoms with Crippen LogP contribution < -0.4 is 5.32 Å². The normalized spacial score (nSPS) is 22.0. The number of ketones is 1. The van der Waals surface area contributed by atoms with E-state index in [2.05, 4.69) is 5.32 Å². The molecule has 2 saturated carbocycles. The number of rotatable bonds is 7. The largest absolute Gasteiger partial charge is 0.462 e. The van der Waals surface area contributed by atoms with Crippen molar-refractivity contribution in [1.29, 1.82) is 0 Å². The minimum absolute atomic E-state index is 0.0641. The summed E-state index contributed by atoms with van der Waals surface area (Å²) in [6.07, 6.45) is 3.67. The molecule has 2 aromatic heterocycles. The second kappa shape index (κ2) is 9.91. The van der Waals surface area contributed by atoms with Gasteiger partial charge in [-0.25, -0.2) is 4.79 Å². The number of aryl methyl sites for hydroxylation is 1. The van der Waals surface area contributed by atoms with Crippen molar-refractivity contribution in [2.24, 2.45) is 17.8 Å². The van der Waals surface area contributed by atoms with E-state index in [0.29, 0.717) is 34.9 Å². The number of furan rings is 1. The molecule has 0 aromatic carbocycles. The van der Waals surface area contributed by atoms with E-state index in [1.54, 1.807) is 31.4 Å². The molecule has 2 fully saturated rings. The van der Waals surface area contributed by atoms with Crippen LogP contribution in [0.15, 0.2) is 21.9 Å². The van der Waals surface area contributed by atoms with E-state index in [9.17, 15) is 19.2 Å². The monoisotopic (exact) mass is 473 g/mol. The number of Topliss-reactive ketones (excluding diaryl/α,β-unsaturated/α-hetero) is 1. The van der Waals surface area contributed by atoms with E-state index in [0.717, 1.165) is 19.3 Å². The first kappa shape index (κ1) is 23.2. The minimum Gasteiger partial charge on any atom is -0.462 e. The van der Waals surface area contributed by atoms with Crippen molar-refractivity contribution in [3.8, 4) is 11.3 Å². The number of amides is 1. The van der Waals surface area contributed by atoms with Gasteiger partial charge in [-0.05, 0) is 51.7 Å². The van der Waals surface area contributed by atoms with Gasteiger partial charge in [-0.1, -0.05) is 6.42 Å². The summed E-state index contributed by atoms with van der Waals surface area (Å²) in [6, 6.07) is 3.53. The van der Waals surface area contributed by atoms with Gasteiger partial charge < -0.3 is 19.2 Å². The Hall–Kier alpha value is -2.94. The highest BCUT2D eigenvalue weighted by Gasteiger charge is 2.42. The lowest BCUT2D eigenvalue weighted by Gasteiger charge is -2.36. The summed E-state index contributed by atoms with van der Waals surface area (Å²) in [7, 11) is 0. The number of carbonyl (C=O) groups is 4. The highest BCUT2D eigenvalue weighted by atomic mass is 32.1. The van der Waals surface area contributed by atoms with Crippen molar-refractivity contribution < 1.29 is 33.1 Å². The fourth-order valence-corrected chi connectivity index (χ4v) is 5.66. The fourth-order valence-electron chi connectivity index (χ4n) is 4.71. The smallest absolute Gasteiger partial charge is 0.341 e. The van der Waals surface area contributed by atoms with Crippen molar-refractivity contribution in [2.75, 3.05) is 18.5 Å². The van der Waals surface area contributed by atoms with E-state index in [1.165, 1.54) is 11.3 Å². The maximum absolute atomic E-state index is 12.6. The van der Waals surface area contributed by atoms with Crippen LogP contribution in [0.2, 0.25) is 0 Å². The summed E-state index contributed by atoms with van der Waals surface area (Å²) in [6.45, 7) is 3.22. The molecule has 2 aromatic rings. The van der Waals surface area contributed by atoms with Crippen molar-refractivity contribution in [3.05, 3.63) is 28.8 Å². The third-order valence-electron chi connectivity index (χ3n) is 6.26. The highest BCUT2D eigenvalue weighted by Crippen LogP contribution is 2.40. The number of hydrogen-bond donors (Lipinski definition) is 1. The van der Waals surface area contributed by atoms with Crippen LogP contribution in [0.25, 0.3) is 11.3 Å². The van der Waals surface area contributed by atoms with E-state index in [1.807, 2.05) is 0 Å². The molecule has 1 N–H and O–H groups in total. The van der Waals surface area contributed by atoms with Gasteiger partial charge in [0, 0.05) is 22.8 Å². The third kappa shape index (κ3) is 5.03. The van der Waals surface area contributed by atoms with Gasteiger partial charge in [-0.3, -0.25) is 14.4 Å². The summed E-state index contributed by atoms with van der Waals surface area (Å²) in [5, 5.41) is 4.67. The number of carbonyl (C=O) groups excluding carboxylic acids is 4. The van der Waals surface area contributed by atoms with Gasteiger partial charge in [0.05, 0.1) is 12.5 Å². The Labute approximate surface area is 195 Å². The number of anilines is 1. The lowest BCUT2D eigenvalue weighted by atomic mass is 9.67. The van der Waals surface area contributed by atoms with E-state index in [-0.39, 0.29) is 35.7 Å². The molecule has 2 aliphatic rings. The first-order valence-corrected chi connectivity index (χ1v) is 12.1. The Morgan fingerprint density at radius 1 is 1.15 bits per heavy atom. The molecule has 2 atom stereocenters. The van der Waals surface area contributed by atoms with Crippen LogP contribution in [-0.2, 0) is 23.9 Å². The third-order valence-corrected chi connectivity index (χ3v) is 7.15. The number of thiophene rings is 1. The molecule has 8 nitrogen and oxygen atoms in total. The summed E-state index contributed by atoms with van der Waals surface area (Å²) in [5.74, 6) is -0.590. The van der Waals surface area contributed by atoms with Gasteiger partial charge in [-0.15, -0.1) is 11.3 Å². The molecule has 4 rings (SSSR count). The average Bonchev–Trinajstić information content (AvgIpc) is 3.38. The van der Waals surface area contributed by atoms with Gasteiger partial charge in [0.1, 0.15) is 27.9 Å². The van der Waals surface area contributed by atoms with Crippen LogP contribution in [0, 0.1) is 24.7 Å². The molecule has 2 bridgehead atoms. The maximum Gasteiger partial charge on any atom is 0.341 e. The Kier molecular flexibility index (Phi) is 6.97. The van der Waals surface area contributed by atoms with Crippen LogP contribution in [0.5, 0.6) is 0 Å². The molecule has 0 spiro atoms. The number of ether oxygens (including phenoxy) is 2. The molecule has 33 heavy (non-hydrogen) atoms. The van der Waals surface area contributed by atoms with Crippen LogP contribution in [0.1, 0.15) is 55.1 Å². The van der Waals surface area contributed by atoms with Gasteiger partial charge in [-0.2, -0.15) is 0 Å². The van der Waals surface area contributed by atoms with Gasteiger partial charge in [0.2, 0.25) is 0 Å². The van der Waals surface area contributed by atoms with Gasteiger partial charge in [0.15, 0.2) is 6.61 Å². The van der Waals surface area contributed by atoms with Gasteiger partial charge in [0.25, 0.3) is 5.91 Å². The van der Waals surface area contributed by atoms with E-state index < -0.39 is 24.5 Å². The first-order chi connectivity index (χ1) is 15.9. The van der Waals surface area contributed by atoms with E-state index >= 15 is 0 Å². The standard InChI is InChI=1S/C24H27NO7S/c1-3-30-24(29)20-17(18-8-7-13(2)32-18)12-33-22(20)25-19(26)11-31-23(28)16-9-14-5-4-6-15(10-16)21(14)27/h7-8,12,14-16H,3-6,9-11H2,1-2H3,(H,25,26). The Morgan fingerprint density at radius 2 is 1.88 bits per heavy atom. The predicted molar refractivity (Wildman–Crippen MR) is 121 cm³/mol. The average molecular weight is 474 g/mol. The number of nitrogens with one attached hydrogen (secondary N) is 1. The van der Waals surface area contributed by atoms with Crippen molar-refractivity contribution >= 4 is 40.0 Å². The number of esters is 2. The molecule has 2 aliphatic carbocycles. The maximum atomic E-state index is 12.6. The Balaban J connectivity index is 1.40. The molecule has 0 saturated heterocycles. The highest BCUT2D eigenvalue weighted by molar-refractivity contribution is 7.15. The second-order valence-electron chi connectivity index (χ2n) is 8.54. The SMILES string of the molecule is CCOC(=O)c1c(-c2ccc(C)o2)csc1NC(=O)COC(=O)C1CC2CCCC(C1)C2=O. The zero-order valence-corrected chi connectivity index (χ0v) is 19.5. The molecule has 9 heteroatoms. The summed E-state index contributed by atoms with van der Waals surface area (Å²) in [5.41, 5.74) is 0.728. The zero-order valence-electron chi connectivity index (χ0n) is 18.7. The Bertz CT molecular complexity index is 1050. The number of hydrogen-bond acceptors (Lipinski definition) is 8. The summed E-state index contributed by atoms with van der Waals surface area (Å²) >= 11 is 1.17. The Morgan fingerprint density at radius 3 is 2.52 bits per heavy atom. The molecule has 2 unspecified atom stereocenters. The summed E-state index contributed by atoms with van der Waals surface area (Å²) < 4.78 is 16.1. The van der Waals surface area contributed by atoms with Gasteiger partial charge >= 0.3 is 11.9 Å². The predicted octanol–water partition coefficient (Wildman–Crippen LogP) is 4.37. The first-order valence-electron chi connectivity index (χ1n) is 11.2. The number of fused-ring (bicyclic) bond motifs is 2. The molecule has 1 amide bonds. The van der Waals surface area contributed by atoms with E-state index in [4.69, 9.17) is 13.9 Å². The van der Waals surface area contributed by atoms with Crippen LogP contribution in [0.3, 0.4) is 0 Å². The molecule has 0 radical (unpaired) electrons. The topological polar surface area (TPSA) is 112 Å². The zero-order chi connectivity index (χ0) is 23.5.